The van der Waals surface area contributed by atoms with E-state index in [1.54, 1.807) is 0 Å². The van der Waals surface area contributed by atoms with E-state index in [4.69, 9.17) is 4.74 Å². The van der Waals surface area contributed by atoms with Crippen LogP contribution >= 0.6 is 0 Å². The van der Waals surface area contributed by atoms with Crippen molar-refractivity contribution in [2.75, 3.05) is 13.7 Å². The Bertz CT molecular complexity index is 475. The highest BCUT2D eigenvalue weighted by atomic mass is 16.5. The van der Waals surface area contributed by atoms with Crippen molar-refractivity contribution in [2.45, 2.75) is 39.7 Å². The zero-order valence-electron chi connectivity index (χ0n) is 14.2. The number of alkyl carbamates (subject to hydrolysis) is 1. The quantitative estimate of drug-likeness (QED) is 0.707. The van der Waals surface area contributed by atoms with Gasteiger partial charge in [0.15, 0.2) is 0 Å². The number of amides is 1. The first kappa shape index (κ1) is 19.0. The van der Waals surface area contributed by atoms with Gasteiger partial charge in [0, 0.05) is 13.0 Å². The minimum Gasteiger partial charge on any atom is -0.469 e. The third-order valence-corrected chi connectivity index (χ3v) is 3.67. The van der Waals surface area contributed by atoms with Gasteiger partial charge in [0.2, 0.25) is 0 Å². The number of hydrogen-bond donors (Lipinski definition) is 1. The molecule has 1 aromatic carbocycles. The third kappa shape index (κ3) is 8.86. The van der Waals surface area contributed by atoms with Crippen LogP contribution in [0.25, 0.3) is 0 Å². The second-order valence-corrected chi connectivity index (χ2v) is 6.00. The van der Waals surface area contributed by atoms with Crippen LogP contribution in [0.2, 0.25) is 0 Å². The van der Waals surface area contributed by atoms with E-state index < -0.39 is 6.09 Å². The van der Waals surface area contributed by atoms with Crippen molar-refractivity contribution in [3.8, 4) is 0 Å². The smallest absolute Gasteiger partial charge is 0.407 e. The van der Waals surface area contributed by atoms with Crippen molar-refractivity contribution in [1.29, 1.82) is 0 Å². The lowest BCUT2D eigenvalue weighted by molar-refractivity contribution is -0.141. The first-order chi connectivity index (χ1) is 11.0. The summed E-state index contributed by atoms with van der Waals surface area (Å²) in [6, 6.07) is 9.57. The molecule has 1 rings (SSSR count). The summed E-state index contributed by atoms with van der Waals surface area (Å²) < 4.78 is 9.81. The Morgan fingerprint density at radius 3 is 2.48 bits per heavy atom. The van der Waals surface area contributed by atoms with Crippen molar-refractivity contribution >= 4 is 12.1 Å². The number of nitrogens with one attached hydrogen (secondary N) is 1. The van der Waals surface area contributed by atoms with Gasteiger partial charge < -0.3 is 14.8 Å². The van der Waals surface area contributed by atoms with E-state index in [0.717, 1.165) is 18.4 Å². The maximum atomic E-state index is 11.6. The number of ether oxygens (including phenoxy) is 2. The van der Waals surface area contributed by atoms with Gasteiger partial charge in [-0.05, 0) is 30.2 Å². The molecule has 0 saturated heterocycles. The summed E-state index contributed by atoms with van der Waals surface area (Å²) in [7, 11) is 1.41. The van der Waals surface area contributed by atoms with Crippen LogP contribution in [-0.2, 0) is 20.9 Å². The van der Waals surface area contributed by atoms with Crippen molar-refractivity contribution < 1.29 is 19.1 Å². The molecule has 0 aliphatic heterocycles. The fraction of sp³-hybridized carbons (Fsp3) is 0.556. The predicted molar refractivity (Wildman–Crippen MR) is 88.8 cm³/mol. The number of methoxy groups -OCH3 is 1. The van der Waals surface area contributed by atoms with E-state index in [2.05, 4.69) is 17.0 Å². The summed E-state index contributed by atoms with van der Waals surface area (Å²) in [4.78, 5) is 22.8. The van der Waals surface area contributed by atoms with E-state index in [-0.39, 0.29) is 18.5 Å². The molecule has 0 spiro atoms. The summed E-state index contributed by atoms with van der Waals surface area (Å²) in [6.45, 7) is 5.00. The minimum atomic E-state index is -0.399. The van der Waals surface area contributed by atoms with E-state index in [1.807, 2.05) is 37.3 Å². The lowest BCUT2D eigenvalue weighted by Crippen LogP contribution is -2.26. The van der Waals surface area contributed by atoms with Gasteiger partial charge in [0.05, 0.1) is 7.11 Å². The van der Waals surface area contributed by atoms with E-state index in [9.17, 15) is 9.59 Å². The molecule has 0 radical (unpaired) electrons. The number of esters is 1. The molecule has 0 heterocycles. The van der Waals surface area contributed by atoms with Gasteiger partial charge in [-0.25, -0.2) is 4.79 Å². The molecule has 0 saturated carbocycles. The molecule has 128 valence electrons. The topological polar surface area (TPSA) is 64.6 Å². The molecular weight excluding hydrogens is 294 g/mol. The average molecular weight is 321 g/mol. The summed E-state index contributed by atoms with van der Waals surface area (Å²) in [6.07, 6.45) is 1.82. The fourth-order valence-electron chi connectivity index (χ4n) is 2.45. The zero-order valence-corrected chi connectivity index (χ0v) is 14.2. The molecule has 0 bridgehead atoms. The maximum absolute atomic E-state index is 11.6. The third-order valence-electron chi connectivity index (χ3n) is 3.67. The molecule has 0 aromatic heterocycles. The molecule has 23 heavy (non-hydrogen) atoms. The van der Waals surface area contributed by atoms with Crippen LogP contribution in [0.1, 0.15) is 38.7 Å². The van der Waals surface area contributed by atoms with Crippen molar-refractivity contribution in [2.24, 2.45) is 11.8 Å². The van der Waals surface area contributed by atoms with Crippen LogP contribution in [0.15, 0.2) is 30.3 Å². The zero-order chi connectivity index (χ0) is 17.1. The summed E-state index contributed by atoms with van der Waals surface area (Å²) in [5.74, 6) is 0.527. The molecule has 2 atom stereocenters. The Labute approximate surface area is 138 Å². The van der Waals surface area contributed by atoms with Crippen LogP contribution in [0.3, 0.4) is 0 Å². The largest absolute Gasteiger partial charge is 0.469 e. The predicted octanol–water partition coefficient (Wildman–Crippen LogP) is 3.53. The highest BCUT2D eigenvalue weighted by molar-refractivity contribution is 5.69. The van der Waals surface area contributed by atoms with Crippen LogP contribution in [0.4, 0.5) is 4.79 Å². The second-order valence-electron chi connectivity index (χ2n) is 6.00. The van der Waals surface area contributed by atoms with Gasteiger partial charge in [0.25, 0.3) is 0 Å². The van der Waals surface area contributed by atoms with Crippen molar-refractivity contribution in [3.63, 3.8) is 0 Å². The molecule has 5 nitrogen and oxygen atoms in total. The van der Waals surface area contributed by atoms with Gasteiger partial charge in [-0.2, -0.15) is 0 Å². The molecule has 1 amide bonds. The Kier molecular flexibility index (Phi) is 8.80. The second kappa shape index (κ2) is 10.6. The number of carbonyl (C=O) groups excluding carboxylic acids is 2. The maximum Gasteiger partial charge on any atom is 0.407 e. The Balaban J connectivity index is 2.12. The van der Waals surface area contributed by atoms with Crippen molar-refractivity contribution in [3.05, 3.63) is 35.9 Å². The van der Waals surface area contributed by atoms with E-state index in [1.165, 1.54) is 7.11 Å². The van der Waals surface area contributed by atoms with Gasteiger partial charge in [-0.1, -0.05) is 44.2 Å². The number of benzene rings is 1. The van der Waals surface area contributed by atoms with Gasteiger partial charge >= 0.3 is 12.1 Å². The lowest BCUT2D eigenvalue weighted by Gasteiger charge is -2.16. The van der Waals surface area contributed by atoms with Gasteiger partial charge in [-0.15, -0.1) is 0 Å². The van der Waals surface area contributed by atoms with Crippen LogP contribution in [-0.4, -0.2) is 25.7 Å². The highest BCUT2D eigenvalue weighted by Gasteiger charge is 2.13. The van der Waals surface area contributed by atoms with Crippen LogP contribution in [0.5, 0.6) is 0 Å². The molecule has 0 aliphatic rings. The number of rotatable bonds is 9. The standard InChI is InChI=1S/C18H27NO4/c1-14(11-15(2)12-17(20)22-3)9-10-19-18(21)23-13-16-7-5-4-6-8-16/h4-8,14-15H,9-13H2,1-3H3,(H,19,21)/t14-,15-/m1/s1. The number of carbonyl (C=O) groups is 2. The normalized spacial score (nSPS) is 13.0. The Hall–Kier alpha value is -2.04. The molecule has 1 aromatic rings. The first-order valence-electron chi connectivity index (χ1n) is 8.02. The summed E-state index contributed by atoms with van der Waals surface area (Å²) >= 11 is 0. The Morgan fingerprint density at radius 1 is 1.13 bits per heavy atom. The number of hydrogen-bond acceptors (Lipinski definition) is 4. The molecule has 0 unspecified atom stereocenters. The van der Waals surface area contributed by atoms with Gasteiger partial charge in [-0.3, -0.25) is 4.79 Å². The Morgan fingerprint density at radius 2 is 1.83 bits per heavy atom. The highest BCUT2D eigenvalue weighted by Crippen LogP contribution is 2.17. The molecule has 5 heteroatoms. The van der Waals surface area contributed by atoms with Crippen LogP contribution in [0, 0.1) is 11.8 Å². The molecule has 0 aliphatic carbocycles. The summed E-state index contributed by atoms with van der Waals surface area (Å²) in [5, 5.41) is 2.76. The van der Waals surface area contributed by atoms with Crippen LogP contribution < -0.4 is 5.32 Å². The van der Waals surface area contributed by atoms with Crippen molar-refractivity contribution in [1.82, 2.24) is 5.32 Å². The van der Waals surface area contributed by atoms with E-state index in [0.29, 0.717) is 18.9 Å². The summed E-state index contributed by atoms with van der Waals surface area (Å²) in [5.41, 5.74) is 0.965. The minimum absolute atomic E-state index is 0.174. The van der Waals surface area contributed by atoms with Gasteiger partial charge in [0.1, 0.15) is 6.61 Å². The monoisotopic (exact) mass is 321 g/mol. The lowest BCUT2D eigenvalue weighted by atomic mass is 9.92. The molecule has 1 N–H and O–H groups in total. The average Bonchev–Trinajstić information content (AvgIpc) is 2.53. The SMILES string of the molecule is COC(=O)C[C@H](C)C[C@H](C)CCNC(=O)OCc1ccccc1. The van der Waals surface area contributed by atoms with E-state index >= 15 is 0 Å². The molecule has 0 fully saturated rings. The molecular formula is C18H27NO4. The fourth-order valence-corrected chi connectivity index (χ4v) is 2.45. The first-order valence-corrected chi connectivity index (χ1v) is 8.02.